The van der Waals surface area contributed by atoms with Crippen LogP contribution in [-0.4, -0.2) is 55.3 Å². The summed E-state index contributed by atoms with van der Waals surface area (Å²) in [5.41, 5.74) is 3.20. The number of nitrogens with zero attached hydrogens (tertiary/aromatic N) is 3. The molecule has 3 aromatic rings. The van der Waals surface area contributed by atoms with Crippen molar-refractivity contribution < 1.29 is 14.3 Å². The maximum absolute atomic E-state index is 13.3. The minimum Gasteiger partial charge on any atom is -0.391 e. The summed E-state index contributed by atoms with van der Waals surface area (Å²) >= 11 is 0. The first kappa shape index (κ1) is 17.7. The van der Waals surface area contributed by atoms with Crippen LogP contribution in [0.1, 0.15) is 23.6 Å². The van der Waals surface area contributed by atoms with Crippen molar-refractivity contribution >= 4 is 16.9 Å². The van der Waals surface area contributed by atoms with Crippen LogP contribution >= 0.6 is 0 Å². The van der Waals surface area contributed by atoms with Crippen LogP contribution in [0.2, 0.25) is 0 Å². The number of carbonyl (C=O) groups excluding carboxylic acids is 1. The molecule has 1 saturated heterocycles. The summed E-state index contributed by atoms with van der Waals surface area (Å²) < 4.78 is 13.3. The van der Waals surface area contributed by atoms with Gasteiger partial charge < -0.3 is 15.0 Å². The fourth-order valence-electron chi connectivity index (χ4n) is 3.64. The van der Waals surface area contributed by atoms with Crippen LogP contribution in [0.15, 0.2) is 24.3 Å². The maximum Gasteiger partial charge on any atom is 0.223 e. The van der Waals surface area contributed by atoms with E-state index >= 15 is 0 Å². The van der Waals surface area contributed by atoms with E-state index in [0.717, 1.165) is 11.4 Å². The molecule has 1 amide bonds. The number of benzene rings is 1. The molecule has 27 heavy (non-hydrogen) atoms. The number of imidazole rings is 1. The Morgan fingerprint density at radius 2 is 2.22 bits per heavy atom. The molecule has 2 aromatic heterocycles. The number of hydrogen-bond acceptors (Lipinski definition) is 4. The van der Waals surface area contributed by atoms with Gasteiger partial charge >= 0.3 is 0 Å². The molecule has 0 radical (unpaired) electrons. The first-order chi connectivity index (χ1) is 13.0. The van der Waals surface area contributed by atoms with Gasteiger partial charge in [-0.15, -0.1) is 0 Å². The van der Waals surface area contributed by atoms with Crippen LogP contribution in [-0.2, 0) is 17.6 Å². The number of aliphatic hydroxyl groups excluding tert-OH is 1. The maximum atomic E-state index is 13.3. The molecule has 1 aliphatic heterocycles. The average molecular weight is 371 g/mol. The SMILES string of the molecule is Cc1cc(C[C@@H]2CN(C(=O)CCc3nc4ccc(F)cc4[nH]3)C[C@@H]2O)n[nH]1. The smallest absolute Gasteiger partial charge is 0.223 e. The van der Waals surface area contributed by atoms with E-state index in [1.165, 1.54) is 12.1 Å². The number of aryl methyl sites for hydroxylation is 2. The third-order valence-electron chi connectivity index (χ3n) is 5.06. The molecule has 0 bridgehead atoms. The number of likely N-dealkylation sites (tertiary alicyclic amines) is 1. The van der Waals surface area contributed by atoms with Gasteiger partial charge in [0.15, 0.2) is 0 Å². The van der Waals surface area contributed by atoms with Crippen LogP contribution in [0.3, 0.4) is 0 Å². The van der Waals surface area contributed by atoms with Gasteiger partial charge in [-0.3, -0.25) is 9.89 Å². The van der Waals surface area contributed by atoms with Gasteiger partial charge in [-0.25, -0.2) is 9.37 Å². The highest BCUT2D eigenvalue weighted by atomic mass is 19.1. The predicted octanol–water partition coefficient (Wildman–Crippen LogP) is 1.73. The summed E-state index contributed by atoms with van der Waals surface area (Å²) in [6, 6.07) is 6.34. The van der Waals surface area contributed by atoms with E-state index in [0.29, 0.717) is 49.2 Å². The lowest BCUT2D eigenvalue weighted by atomic mass is 10.0. The molecule has 4 rings (SSSR count). The normalized spacial score (nSPS) is 19.9. The Kier molecular flexibility index (Phi) is 4.65. The van der Waals surface area contributed by atoms with E-state index in [-0.39, 0.29) is 17.6 Å². The second-order valence-corrected chi connectivity index (χ2v) is 7.22. The number of aromatic nitrogens is 4. The molecule has 8 heteroatoms. The Labute approximate surface area is 155 Å². The van der Waals surface area contributed by atoms with Crippen molar-refractivity contribution in [1.29, 1.82) is 0 Å². The highest BCUT2D eigenvalue weighted by Crippen LogP contribution is 2.22. The summed E-state index contributed by atoms with van der Waals surface area (Å²) in [5.74, 6) is 0.317. The van der Waals surface area contributed by atoms with Crippen molar-refractivity contribution in [2.24, 2.45) is 5.92 Å². The molecule has 1 aliphatic rings. The second kappa shape index (κ2) is 7.11. The van der Waals surface area contributed by atoms with Gasteiger partial charge in [0.05, 0.1) is 22.8 Å². The average Bonchev–Trinajstić information content (AvgIpc) is 3.32. The van der Waals surface area contributed by atoms with Crippen molar-refractivity contribution in [1.82, 2.24) is 25.1 Å². The highest BCUT2D eigenvalue weighted by molar-refractivity contribution is 5.77. The summed E-state index contributed by atoms with van der Waals surface area (Å²) in [7, 11) is 0. The summed E-state index contributed by atoms with van der Waals surface area (Å²) in [6.07, 6.45) is 0.846. The lowest BCUT2D eigenvalue weighted by Crippen LogP contribution is -2.29. The van der Waals surface area contributed by atoms with Gasteiger partial charge in [0, 0.05) is 37.5 Å². The van der Waals surface area contributed by atoms with Crippen molar-refractivity contribution in [3.05, 3.63) is 47.3 Å². The molecular weight excluding hydrogens is 349 g/mol. The van der Waals surface area contributed by atoms with Crippen LogP contribution in [0.5, 0.6) is 0 Å². The number of aromatic amines is 2. The molecule has 0 unspecified atom stereocenters. The highest BCUT2D eigenvalue weighted by Gasteiger charge is 2.34. The first-order valence-electron chi connectivity index (χ1n) is 9.09. The van der Waals surface area contributed by atoms with E-state index in [2.05, 4.69) is 20.2 Å². The third kappa shape index (κ3) is 3.85. The number of halogens is 1. The van der Waals surface area contributed by atoms with Crippen molar-refractivity contribution in [3.63, 3.8) is 0 Å². The zero-order valence-electron chi connectivity index (χ0n) is 15.1. The second-order valence-electron chi connectivity index (χ2n) is 7.22. The Balaban J connectivity index is 1.34. The zero-order valence-corrected chi connectivity index (χ0v) is 15.1. The monoisotopic (exact) mass is 371 g/mol. The lowest BCUT2D eigenvalue weighted by Gasteiger charge is -2.15. The number of nitrogens with one attached hydrogen (secondary N) is 2. The van der Waals surface area contributed by atoms with Crippen molar-refractivity contribution in [2.45, 2.75) is 32.3 Å². The molecule has 0 saturated carbocycles. The fourth-order valence-corrected chi connectivity index (χ4v) is 3.64. The molecule has 3 heterocycles. The lowest BCUT2D eigenvalue weighted by molar-refractivity contribution is -0.130. The van der Waals surface area contributed by atoms with Gasteiger partial charge in [-0.2, -0.15) is 5.10 Å². The number of β-amino-alcohol motifs (C(OH)–C–C–N with tert-alkyl or cyclic N) is 1. The molecule has 142 valence electrons. The molecule has 3 N–H and O–H groups in total. The van der Waals surface area contributed by atoms with Crippen molar-refractivity contribution in [3.8, 4) is 0 Å². The number of carbonyl (C=O) groups is 1. The number of rotatable bonds is 5. The Morgan fingerprint density at radius 3 is 3.00 bits per heavy atom. The van der Waals surface area contributed by atoms with Gasteiger partial charge in [0.25, 0.3) is 0 Å². The third-order valence-corrected chi connectivity index (χ3v) is 5.06. The van der Waals surface area contributed by atoms with E-state index in [1.807, 2.05) is 13.0 Å². The van der Waals surface area contributed by atoms with Crippen molar-refractivity contribution in [2.75, 3.05) is 13.1 Å². The number of hydrogen-bond donors (Lipinski definition) is 3. The quantitative estimate of drug-likeness (QED) is 0.636. The summed E-state index contributed by atoms with van der Waals surface area (Å²) in [6.45, 7) is 2.80. The molecule has 0 aliphatic carbocycles. The standard InChI is InChI=1S/C19H22FN5O2/c1-11-6-14(24-23-11)7-12-9-25(10-17(12)26)19(27)5-4-18-21-15-3-2-13(20)8-16(15)22-18/h2-3,6,8,12,17,26H,4-5,7,9-10H2,1H3,(H,21,22)(H,23,24)/t12-,17+/m1/s1. The Bertz CT molecular complexity index is 966. The van der Waals surface area contributed by atoms with E-state index in [4.69, 9.17) is 0 Å². The fraction of sp³-hybridized carbons (Fsp3) is 0.421. The molecular formula is C19H22FN5O2. The van der Waals surface area contributed by atoms with Gasteiger partial charge in [0.1, 0.15) is 11.6 Å². The predicted molar refractivity (Wildman–Crippen MR) is 97.5 cm³/mol. The van der Waals surface area contributed by atoms with E-state index in [9.17, 15) is 14.3 Å². The molecule has 0 spiro atoms. The van der Waals surface area contributed by atoms with E-state index < -0.39 is 6.10 Å². The number of aliphatic hydroxyl groups is 1. The minimum atomic E-state index is -0.542. The van der Waals surface area contributed by atoms with E-state index in [1.54, 1.807) is 11.0 Å². The number of fused-ring (bicyclic) bond motifs is 1. The Hall–Kier alpha value is -2.74. The summed E-state index contributed by atoms with van der Waals surface area (Å²) in [4.78, 5) is 21.7. The molecule has 7 nitrogen and oxygen atoms in total. The summed E-state index contributed by atoms with van der Waals surface area (Å²) in [5, 5.41) is 17.4. The number of H-pyrrole nitrogens is 2. The van der Waals surface area contributed by atoms with Gasteiger partial charge in [-0.1, -0.05) is 0 Å². The van der Waals surface area contributed by atoms with Crippen LogP contribution in [0.25, 0.3) is 11.0 Å². The first-order valence-corrected chi connectivity index (χ1v) is 9.09. The topological polar surface area (TPSA) is 97.9 Å². The zero-order chi connectivity index (χ0) is 19.0. The Morgan fingerprint density at radius 1 is 1.37 bits per heavy atom. The molecule has 1 aromatic carbocycles. The largest absolute Gasteiger partial charge is 0.391 e. The number of amides is 1. The van der Waals surface area contributed by atoms with Crippen LogP contribution in [0, 0.1) is 18.7 Å². The molecule has 2 atom stereocenters. The van der Waals surface area contributed by atoms with Gasteiger partial charge in [0.2, 0.25) is 5.91 Å². The van der Waals surface area contributed by atoms with Crippen LogP contribution in [0.4, 0.5) is 4.39 Å². The van der Waals surface area contributed by atoms with Gasteiger partial charge in [-0.05, 0) is 37.6 Å². The van der Waals surface area contributed by atoms with Crippen LogP contribution < -0.4 is 0 Å². The minimum absolute atomic E-state index is 0.00849. The molecule has 1 fully saturated rings.